The van der Waals surface area contributed by atoms with Crippen LogP contribution in [0.2, 0.25) is 0 Å². The first kappa shape index (κ1) is 10.2. The van der Waals surface area contributed by atoms with Gasteiger partial charge in [-0.15, -0.1) is 0 Å². The number of pyridine rings is 1. The topological polar surface area (TPSA) is 24.9 Å². The second kappa shape index (κ2) is 4.45. The molecule has 0 saturated heterocycles. The van der Waals surface area contributed by atoms with E-state index in [1.807, 2.05) is 25.2 Å². The number of benzene rings is 1. The number of rotatable bonds is 3. The fourth-order valence-electron chi connectivity index (χ4n) is 1.58. The van der Waals surface area contributed by atoms with Gasteiger partial charge in [0.25, 0.3) is 0 Å². The van der Waals surface area contributed by atoms with Gasteiger partial charge in [0.05, 0.1) is 5.52 Å². The first-order chi connectivity index (χ1) is 7.29. The van der Waals surface area contributed by atoms with E-state index in [1.54, 1.807) is 0 Å². The van der Waals surface area contributed by atoms with Crippen molar-refractivity contribution in [2.75, 3.05) is 13.6 Å². The minimum absolute atomic E-state index is 0.785. The van der Waals surface area contributed by atoms with E-state index in [4.69, 9.17) is 7.85 Å². The highest BCUT2D eigenvalue weighted by Crippen LogP contribution is 2.10. The Bertz CT molecular complexity index is 468. The highest BCUT2D eigenvalue weighted by Gasteiger charge is 1.98. The number of hydrogen-bond donors (Lipinski definition) is 1. The number of fused-ring (bicyclic) bond motifs is 1. The van der Waals surface area contributed by atoms with Gasteiger partial charge in [0.2, 0.25) is 0 Å². The molecule has 0 bridgehead atoms. The van der Waals surface area contributed by atoms with Crippen molar-refractivity contribution in [3.8, 4) is 0 Å². The quantitative estimate of drug-likeness (QED) is 0.734. The second-order valence-electron chi connectivity index (χ2n) is 3.61. The molecule has 1 N–H and O–H groups in total. The summed E-state index contributed by atoms with van der Waals surface area (Å²) in [6.07, 6.45) is 0.955. The summed E-state index contributed by atoms with van der Waals surface area (Å²) < 4.78 is 0. The number of aromatic nitrogens is 1. The lowest BCUT2D eigenvalue weighted by Gasteiger charge is -2.03. The third-order valence-electron chi connectivity index (χ3n) is 2.40. The highest BCUT2D eigenvalue weighted by atomic mass is 14.8. The second-order valence-corrected chi connectivity index (χ2v) is 3.61. The van der Waals surface area contributed by atoms with Crippen LogP contribution >= 0.6 is 0 Å². The zero-order valence-corrected chi connectivity index (χ0v) is 8.83. The molecular formula is C12H13BN2. The number of likely N-dealkylation sites (N-methyl/N-ethyl adjacent to an activating group) is 1. The van der Waals surface area contributed by atoms with Crippen LogP contribution in [0.4, 0.5) is 0 Å². The summed E-state index contributed by atoms with van der Waals surface area (Å²) in [5, 5.41) is 4.21. The zero-order chi connectivity index (χ0) is 10.7. The van der Waals surface area contributed by atoms with E-state index in [2.05, 4.69) is 22.4 Å². The number of hydrogen-bond acceptors (Lipinski definition) is 2. The Labute approximate surface area is 91.1 Å². The average Bonchev–Trinajstić information content (AvgIpc) is 2.26. The molecule has 0 amide bonds. The molecule has 15 heavy (non-hydrogen) atoms. The summed E-state index contributed by atoms with van der Waals surface area (Å²) >= 11 is 0. The van der Waals surface area contributed by atoms with Gasteiger partial charge >= 0.3 is 0 Å². The third kappa shape index (κ3) is 2.36. The van der Waals surface area contributed by atoms with E-state index < -0.39 is 0 Å². The predicted molar refractivity (Wildman–Crippen MR) is 64.8 cm³/mol. The molecule has 74 valence electrons. The van der Waals surface area contributed by atoms with Gasteiger partial charge in [0.15, 0.2) is 0 Å². The van der Waals surface area contributed by atoms with Crippen molar-refractivity contribution in [2.24, 2.45) is 0 Å². The first-order valence-corrected chi connectivity index (χ1v) is 5.09. The van der Waals surface area contributed by atoms with Crippen molar-refractivity contribution < 1.29 is 0 Å². The fraction of sp³-hybridized carbons (Fsp3) is 0.250. The Morgan fingerprint density at radius 2 is 2.13 bits per heavy atom. The van der Waals surface area contributed by atoms with Crippen molar-refractivity contribution >= 4 is 24.2 Å². The maximum Gasteiger partial charge on any atom is 0.113 e. The van der Waals surface area contributed by atoms with Crippen LogP contribution in [-0.2, 0) is 6.42 Å². The molecule has 1 heterocycles. The maximum atomic E-state index is 5.70. The zero-order valence-electron chi connectivity index (χ0n) is 8.83. The van der Waals surface area contributed by atoms with Gasteiger partial charge in [-0.1, -0.05) is 23.7 Å². The lowest BCUT2D eigenvalue weighted by atomic mass is 9.95. The fourth-order valence-corrected chi connectivity index (χ4v) is 1.58. The van der Waals surface area contributed by atoms with Gasteiger partial charge in [0, 0.05) is 18.7 Å². The van der Waals surface area contributed by atoms with Gasteiger partial charge in [-0.3, -0.25) is 4.98 Å². The molecule has 3 heteroatoms. The SMILES string of the molecule is [B]c1ccc2nc(CCNC)ccc2c1. The van der Waals surface area contributed by atoms with Crippen LogP contribution in [-0.4, -0.2) is 26.4 Å². The van der Waals surface area contributed by atoms with Crippen molar-refractivity contribution in [1.82, 2.24) is 10.3 Å². The van der Waals surface area contributed by atoms with E-state index in [1.165, 1.54) is 0 Å². The molecular weight excluding hydrogens is 183 g/mol. The summed E-state index contributed by atoms with van der Waals surface area (Å²) in [4.78, 5) is 4.56. The summed E-state index contributed by atoms with van der Waals surface area (Å²) in [5.41, 5.74) is 2.91. The minimum Gasteiger partial charge on any atom is -0.319 e. The number of nitrogens with zero attached hydrogens (tertiary/aromatic N) is 1. The highest BCUT2D eigenvalue weighted by molar-refractivity contribution is 6.33. The van der Waals surface area contributed by atoms with Crippen LogP contribution in [0.15, 0.2) is 30.3 Å². The first-order valence-electron chi connectivity index (χ1n) is 5.09. The van der Waals surface area contributed by atoms with Crippen molar-refractivity contribution in [1.29, 1.82) is 0 Å². The molecule has 0 aliphatic heterocycles. The van der Waals surface area contributed by atoms with Gasteiger partial charge in [0.1, 0.15) is 7.85 Å². The van der Waals surface area contributed by atoms with E-state index >= 15 is 0 Å². The van der Waals surface area contributed by atoms with Gasteiger partial charge in [-0.2, -0.15) is 0 Å². The van der Waals surface area contributed by atoms with Crippen LogP contribution in [0, 0.1) is 0 Å². The smallest absolute Gasteiger partial charge is 0.113 e. The molecule has 2 rings (SSSR count). The Balaban J connectivity index is 2.34. The largest absolute Gasteiger partial charge is 0.319 e. The molecule has 0 aliphatic carbocycles. The van der Waals surface area contributed by atoms with Crippen LogP contribution in [0.1, 0.15) is 5.69 Å². The van der Waals surface area contributed by atoms with Gasteiger partial charge in [-0.05, 0) is 24.6 Å². The molecule has 0 saturated carbocycles. The van der Waals surface area contributed by atoms with Gasteiger partial charge < -0.3 is 5.32 Å². The Morgan fingerprint density at radius 3 is 2.93 bits per heavy atom. The number of nitrogens with one attached hydrogen (secondary N) is 1. The molecule has 0 fully saturated rings. The molecule has 0 spiro atoms. The van der Waals surface area contributed by atoms with E-state index in [9.17, 15) is 0 Å². The molecule has 1 aromatic carbocycles. The lowest BCUT2D eigenvalue weighted by molar-refractivity contribution is 0.779. The van der Waals surface area contributed by atoms with E-state index in [0.29, 0.717) is 0 Å². The molecule has 2 radical (unpaired) electrons. The van der Waals surface area contributed by atoms with E-state index in [-0.39, 0.29) is 0 Å². The Morgan fingerprint density at radius 1 is 1.27 bits per heavy atom. The van der Waals surface area contributed by atoms with Crippen LogP contribution < -0.4 is 10.8 Å². The monoisotopic (exact) mass is 196 g/mol. The molecule has 2 aromatic rings. The van der Waals surface area contributed by atoms with Crippen LogP contribution in [0.5, 0.6) is 0 Å². The maximum absolute atomic E-state index is 5.70. The van der Waals surface area contributed by atoms with E-state index in [0.717, 1.165) is 35.0 Å². The lowest BCUT2D eigenvalue weighted by Crippen LogP contribution is -2.11. The molecule has 0 atom stereocenters. The minimum atomic E-state index is 0.785. The molecule has 0 unspecified atom stereocenters. The Kier molecular flexibility index (Phi) is 3.02. The van der Waals surface area contributed by atoms with Crippen molar-refractivity contribution in [2.45, 2.75) is 6.42 Å². The normalized spacial score (nSPS) is 10.7. The summed E-state index contributed by atoms with van der Waals surface area (Å²) in [5.74, 6) is 0. The van der Waals surface area contributed by atoms with Crippen molar-refractivity contribution in [3.63, 3.8) is 0 Å². The van der Waals surface area contributed by atoms with Gasteiger partial charge in [-0.25, -0.2) is 0 Å². The summed E-state index contributed by atoms with van der Waals surface area (Å²) in [6.45, 7) is 0.952. The summed E-state index contributed by atoms with van der Waals surface area (Å²) in [6, 6.07) is 9.93. The molecule has 2 nitrogen and oxygen atoms in total. The van der Waals surface area contributed by atoms with Crippen LogP contribution in [0.25, 0.3) is 10.9 Å². The summed E-state index contributed by atoms with van der Waals surface area (Å²) in [7, 11) is 7.65. The Hall–Kier alpha value is -1.35. The van der Waals surface area contributed by atoms with Crippen LogP contribution in [0.3, 0.4) is 0 Å². The van der Waals surface area contributed by atoms with Crippen molar-refractivity contribution in [3.05, 3.63) is 36.0 Å². The standard InChI is InChI=1S/C12H13BN2/c1-14-7-6-11-4-2-9-8-10(13)3-5-12(9)15-11/h2-5,8,14H,6-7H2,1H3. The third-order valence-corrected chi connectivity index (χ3v) is 2.40. The molecule has 0 aliphatic rings. The predicted octanol–water partition coefficient (Wildman–Crippen LogP) is 0.790. The average molecular weight is 196 g/mol. The molecule has 1 aromatic heterocycles.